The second kappa shape index (κ2) is 11.0. The van der Waals surface area contributed by atoms with Crippen LogP contribution in [0.15, 0.2) is 71.7 Å². The zero-order chi connectivity index (χ0) is 24.8. The van der Waals surface area contributed by atoms with Gasteiger partial charge < -0.3 is 15.0 Å². The number of aryl methyl sites for hydroxylation is 2. The van der Waals surface area contributed by atoms with Gasteiger partial charge in [0, 0.05) is 11.8 Å². The van der Waals surface area contributed by atoms with Gasteiger partial charge in [-0.05, 0) is 60.6 Å². The number of aromatic nitrogens is 1. The standard InChI is InChI=1S/C28H32N2O4/c1-18(2)15-25(30-14-8-10-20(4)28(30)34)27(33)29-24(17-26(31)32)22-12-7-11-21(16-22)23-13-6-5-9-19(23)3/h5-14,16,18,24-25H,15,17H2,1-4H3,(H,29,33)(H,31,32)/t24-,25+/m0/s1. The van der Waals surface area contributed by atoms with Gasteiger partial charge in [0.05, 0.1) is 12.5 Å². The minimum Gasteiger partial charge on any atom is -0.481 e. The molecule has 0 aliphatic carbocycles. The van der Waals surface area contributed by atoms with E-state index >= 15 is 0 Å². The van der Waals surface area contributed by atoms with Gasteiger partial charge in [0.1, 0.15) is 6.04 Å². The molecule has 0 bridgehead atoms. The molecule has 1 amide bonds. The van der Waals surface area contributed by atoms with Crippen LogP contribution in [0.4, 0.5) is 0 Å². The van der Waals surface area contributed by atoms with Crippen LogP contribution >= 0.6 is 0 Å². The van der Waals surface area contributed by atoms with Crippen molar-refractivity contribution >= 4 is 11.9 Å². The number of carbonyl (C=O) groups is 2. The second-order valence-corrected chi connectivity index (χ2v) is 9.15. The molecule has 6 heteroatoms. The molecule has 0 aliphatic rings. The molecule has 1 aromatic heterocycles. The van der Waals surface area contributed by atoms with E-state index in [1.54, 1.807) is 25.3 Å². The predicted octanol–water partition coefficient (Wildman–Crippen LogP) is 5.05. The highest BCUT2D eigenvalue weighted by Crippen LogP contribution is 2.28. The van der Waals surface area contributed by atoms with Crippen molar-refractivity contribution in [3.05, 3.63) is 93.9 Å². The van der Waals surface area contributed by atoms with Crippen LogP contribution in [0.5, 0.6) is 0 Å². The normalized spacial score (nSPS) is 12.9. The Bertz CT molecular complexity index is 1230. The maximum Gasteiger partial charge on any atom is 0.305 e. The first-order valence-corrected chi connectivity index (χ1v) is 11.5. The van der Waals surface area contributed by atoms with Crippen molar-refractivity contribution in [3.8, 4) is 11.1 Å². The van der Waals surface area contributed by atoms with Gasteiger partial charge in [-0.1, -0.05) is 62.4 Å². The fraction of sp³-hybridized carbons (Fsp3) is 0.321. The Morgan fingerprint density at radius 1 is 0.971 bits per heavy atom. The summed E-state index contributed by atoms with van der Waals surface area (Å²) in [6.45, 7) is 7.71. The van der Waals surface area contributed by atoms with Crippen LogP contribution in [0, 0.1) is 19.8 Å². The summed E-state index contributed by atoms with van der Waals surface area (Å²) in [5.41, 5.74) is 4.14. The van der Waals surface area contributed by atoms with Crippen LogP contribution in [-0.4, -0.2) is 21.6 Å². The highest BCUT2D eigenvalue weighted by Gasteiger charge is 2.27. The fourth-order valence-electron chi connectivity index (χ4n) is 4.18. The molecule has 0 aliphatic heterocycles. The third-order valence-corrected chi connectivity index (χ3v) is 5.94. The number of aliphatic carboxylic acids is 1. The number of amides is 1. The van der Waals surface area contributed by atoms with Crippen molar-refractivity contribution in [2.45, 2.75) is 52.6 Å². The molecular weight excluding hydrogens is 428 g/mol. The smallest absolute Gasteiger partial charge is 0.305 e. The molecule has 0 unspecified atom stereocenters. The van der Waals surface area contributed by atoms with E-state index in [0.717, 1.165) is 16.7 Å². The quantitative estimate of drug-likeness (QED) is 0.468. The van der Waals surface area contributed by atoms with E-state index in [9.17, 15) is 19.5 Å². The van der Waals surface area contributed by atoms with Crippen molar-refractivity contribution in [1.82, 2.24) is 9.88 Å². The molecule has 2 N–H and O–H groups in total. The van der Waals surface area contributed by atoms with E-state index < -0.39 is 18.1 Å². The van der Waals surface area contributed by atoms with Gasteiger partial charge in [-0.15, -0.1) is 0 Å². The monoisotopic (exact) mass is 460 g/mol. The lowest BCUT2D eigenvalue weighted by Crippen LogP contribution is -2.40. The summed E-state index contributed by atoms with van der Waals surface area (Å²) in [5, 5.41) is 12.5. The topological polar surface area (TPSA) is 88.4 Å². The molecule has 0 fully saturated rings. The molecule has 0 saturated heterocycles. The van der Waals surface area contributed by atoms with Gasteiger partial charge in [0.25, 0.3) is 5.56 Å². The van der Waals surface area contributed by atoms with E-state index in [2.05, 4.69) is 5.32 Å². The first-order valence-electron chi connectivity index (χ1n) is 11.5. The third-order valence-electron chi connectivity index (χ3n) is 5.94. The number of rotatable bonds is 9. The lowest BCUT2D eigenvalue weighted by molar-refractivity contribution is -0.138. The molecule has 2 atom stereocenters. The first-order chi connectivity index (χ1) is 16.2. The van der Waals surface area contributed by atoms with E-state index in [4.69, 9.17) is 0 Å². The van der Waals surface area contributed by atoms with E-state index in [-0.39, 0.29) is 23.8 Å². The van der Waals surface area contributed by atoms with E-state index in [1.807, 2.05) is 69.3 Å². The molecule has 3 rings (SSSR count). The molecule has 2 aromatic carbocycles. The van der Waals surface area contributed by atoms with Crippen molar-refractivity contribution in [1.29, 1.82) is 0 Å². The van der Waals surface area contributed by atoms with E-state index in [0.29, 0.717) is 17.5 Å². The number of carboxylic acid groups (broad SMARTS) is 1. The maximum absolute atomic E-state index is 13.5. The Balaban J connectivity index is 1.97. The number of nitrogens with zero attached hydrogens (tertiary/aromatic N) is 1. The average molecular weight is 461 g/mol. The van der Waals surface area contributed by atoms with Crippen LogP contribution in [0.2, 0.25) is 0 Å². The number of pyridine rings is 1. The Kier molecular flexibility index (Phi) is 8.05. The lowest BCUT2D eigenvalue weighted by atomic mass is 9.95. The third kappa shape index (κ3) is 6.01. The molecule has 3 aromatic rings. The van der Waals surface area contributed by atoms with Gasteiger partial charge in [-0.2, -0.15) is 0 Å². The summed E-state index contributed by atoms with van der Waals surface area (Å²) in [6, 6.07) is 17.6. The highest BCUT2D eigenvalue weighted by molar-refractivity contribution is 5.82. The molecule has 6 nitrogen and oxygen atoms in total. The minimum atomic E-state index is -1.01. The van der Waals surface area contributed by atoms with Crippen LogP contribution < -0.4 is 10.9 Å². The van der Waals surface area contributed by atoms with Crippen molar-refractivity contribution in [2.75, 3.05) is 0 Å². The Hall–Kier alpha value is -3.67. The molecule has 0 spiro atoms. The van der Waals surface area contributed by atoms with Crippen LogP contribution in [0.3, 0.4) is 0 Å². The SMILES string of the molecule is Cc1ccccc1-c1cccc([C@H](CC(=O)O)NC(=O)[C@@H](CC(C)C)n2cccc(C)c2=O)c1. The zero-order valence-electron chi connectivity index (χ0n) is 20.1. The number of carbonyl (C=O) groups excluding carboxylic acids is 1. The molecule has 1 heterocycles. The predicted molar refractivity (Wildman–Crippen MR) is 134 cm³/mol. The van der Waals surface area contributed by atoms with Crippen molar-refractivity contribution in [2.24, 2.45) is 5.92 Å². The summed E-state index contributed by atoms with van der Waals surface area (Å²) in [6.07, 6.45) is 1.81. The number of benzene rings is 2. The van der Waals surface area contributed by atoms with Crippen molar-refractivity contribution in [3.63, 3.8) is 0 Å². The average Bonchev–Trinajstić information content (AvgIpc) is 2.79. The second-order valence-electron chi connectivity index (χ2n) is 9.15. The van der Waals surface area contributed by atoms with Crippen LogP contribution in [0.25, 0.3) is 11.1 Å². The van der Waals surface area contributed by atoms with Gasteiger partial charge in [0.15, 0.2) is 0 Å². The van der Waals surface area contributed by atoms with Gasteiger partial charge in [0.2, 0.25) is 5.91 Å². The first kappa shape index (κ1) is 25.0. The Morgan fingerprint density at radius 3 is 2.35 bits per heavy atom. The molecule has 0 radical (unpaired) electrons. The summed E-state index contributed by atoms with van der Waals surface area (Å²) in [5.74, 6) is -1.22. The number of hydrogen-bond acceptors (Lipinski definition) is 3. The largest absolute Gasteiger partial charge is 0.481 e. The zero-order valence-corrected chi connectivity index (χ0v) is 20.1. The van der Waals surface area contributed by atoms with Crippen LogP contribution in [0.1, 0.15) is 55.5 Å². The van der Waals surface area contributed by atoms with Crippen molar-refractivity contribution < 1.29 is 14.7 Å². The number of hydrogen-bond donors (Lipinski definition) is 2. The molecular formula is C28H32N2O4. The minimum absolute atomic E-state index is 0.158. The summed E-state index contributed by atoms with van der Waals surface area (Å²) >= 11 is 0. The van der Waals surface area contributed by atoms with Gasteiger partial charge >= 0.3 is 5.97 Å². The van der Waals surface area contributed by atoms with Gasteiger partial charge in [-0.3, -0.25) is 14.4 Å². The van der Waals surface area contributed by atoms with E-state index in [1.165, 1.54) is 4.57 Å². The molecule has 178 valence electrons. The summed E-state index contributed by atoms with van der Waals surface area (Å²) in [4.78, 5) is 37.9. The molecule has 0 saturated carbocycles. The Morgan fingerprint density at radius 2 is 1.68 bits per heavy atom. The summed E-state index contributed by atoms with van der Waals surface area (Å²) < 4.78 is 1.45. The fourth-order valence-corrected chi connectivity index (χ4v) is 4.18. The maximum atomic E-state index is 13.5. The summed E-state index contributed by atoms with van der Waals surface area (Å²) in [7, 11) is 0. The van der Waals surface area contributed by atoms with Crippen LogP contribution in [-0.2, 0) is 9.59 Å². The number of carboxylic acids is 1. The lowest BCUT2D eigenvalue weighted by Gasteiger charge is -2.25. The number of nitrogens with one attached hydrogen (secondary N) is 1. The molecule has 34 heavy (non-hydrogen) atoms. The highest BCUT2D eigenvalue weighted by atomic mass is 16.4. The van der Waals surface area contributed by atoms with Gasteiger partial charge in [-0.25, -0.2) is 0 Å². The Labute approximate surface area is 200 Å².